The fourth-order valence-corrected chi connectivity index (χ4v) is 1.84. The third kappa shape index (κ3) is 3.47. The van der Waals surface area contributed by atoms with Crippen molar-refractivity contribution in [3.05, 3.63) is 34.1 Å². The Hall–Kier alpha value is -0.600. The zero-order valence-electron chi connectivity index (χ0n) is 9.02. The molecule has 15 heavy (non-hydrogen) atoms. The molecule has 0 aliphatic carbocycles. The lowest BCUT2D eigenvalue weighted by atomic mass is 10.0. The lowest BCUT2D eigenvalue weighted by molar-refractivity contribution is 0.611. The van der Waals surface area contributed by atoms with Crippen molar-refractivity contribution in [2.24, 2.45) is 5.73 Å². The molecule has 0 bridgehead atoms. The maximum absolute atomic E-state index is 13.4. The van der Waals surface area contributed by atoms with Gasteiger partial charge >= 0.3 is 0 Å². The maximum atomic E-state index is 13.4. The van der Waals surface area contributed by atoms with Crippen molar-refractivity contribution >= 4 is 11.6 Å². The number of halogens is 2. The van der Waals surface area contributed by atoms with Gasteiger partial charge in [0.2, 0.25) is 0 Å². The molecule has 2 N–H and O–H groups in total. The van der Waals surface area contributed by atoms with Crippen molar-refractivity contribution in [3.63, 3.8) is 0 Å². The van der Waals surface area contributed by atoms with Crippen LogP contribution >= 0.6 is 11.6 Å². The molecule has 0 aliphatic rings. The van der Waals surface area contributed by atoms with Gasteiger partial charge in [0.25, 0.3) is 0 Å². The van der Waals surface area contributed by atoms with E-state index in [4.69, 9.17) is 17.3 Å². The van der Waals surface area contributed by atoms with E-state index in [2.05, 4.69) is 0 Å². The van der Waals surface area contributed by atoms with Gasteiger partial charge in [-0.15, -0.1) is 0 Å². The molecule has 0 saturated heterocycles. The fraction of sp³-hybridized carbons (Fsp3) is 0.500. The van der Waals surface area contributed by atoms with Gasteiger partial charge in [0.15, 0.2) is 0 Å². The SMILES string of the molecule is CCc1cc(CCCCN)cc(Cl)c1F. The third-order valence-corrected chi connectivity index (χ3v) is 2.74. The highest BCUT2D eigenvalue weighted by atomic mass is 35.5. The Morgan fingerprint density at radius 2 is 2.07 bits per heavy atom. The summed E-state index contributed by atoms with van der Waals surface area (Å²) in [6.07, 6.45) is 3.62. The number of hydrogen-bond acceptors (Lipinski definition) is 1. The summed E-state index contributed by atoms with van der Waals surface area (Å²) >= 11 is 5.81. The molecule has 0 heterocycles. The second kappa shape index (κ2) is 6.09. The number of aryl methyl sites for hydroxylation is 2. The van der Waals surface area contributed by atoms with E-state index in [0.29, 0.717) is 18.5 Å². The van der Waals surface area contributed by atoms with E-state index < -0.39 is 0 Å². The van der Waals surface area contributed by atoms with Gasteiger partial charge in [0.05, 0.1) is 5.02 Å². The van der Waals surface area contributed by atoms with Gasteiger partial charge in [-0.25, -0.2) is 4.39 Å². The molecule has 0 fully saturated rings. The fourth-order valence-electron chi connectivity index (χ4n) is 1.58. The predicted molar refractivity (Wildman–Crippen MR) is 62.8 cm³/mol. The van der Waals surface area contributed by atoms with E-state index in [1.54, 1.807) is 6.07 Å². The Morgan fingerprint density at radius 1 is 1.33 bits per heavy atom. The lowest BCUT2D eigenvalue weighted by Gasteiger charge is -2.07. The standard InChI is InChI=1S/C12H17ClFN/c1-2-10-7-9(5-3-4-6-15)8-11(13)12(10)14/h7-8H,2-6,15H2,1H3. The van der Waals surface area contributed by atoms with Crippen LogP contribution < -0.4 is 5.73 Å². The Morgan fingerprint density at radius 3 is 2.67 bits per heavy atom. The van der Waals surface area contributed by atoms with E-state index in [1.165, 1.54) is 0 Å². The van der Waals surface area contributed by atoms with E-state index in [0.717, 1.165) is 24.8 Å². The quantitative estimate of drug-likeness (QED) is 0.771. The molecule has 0 amide bonds. The summed E-state index contributed by atoms with van der Waals surface area (Å²) in [5.74, 6) is -0.276. The molecular weight excluding hydrogens is 213 g/mol. The number of benzene rings is 1. The van der Waals surface area contributed by atoms with Crippen LogP contribution in [0, 0.1) is 5.82 Å². The summed E-state index contributed by atoms with van der Waals surface area (Å²) in [6.45, 7) is 2.63. The van der Waals surface area contributed by atoms with Crippen molar-refractivity contribution < 1.29 is 4.39 Å². The first-order valence-electron chi connectivity index (χ1n) is 5.36. The van der Waals surface area contributed by atoms with Crippen LogP contribution in [0.5, 0.6) is 0 Å². The molecule has 0 radical (unpaired) electrons. The van der Waals surface area contributed by atoms with E-state index in [1.807, 2.05) is 13.0 Å². The van der Waals surface area contributed by atoms with Crippen molar-refractivity contribution in [1.82, 2.24) is 0 Å². The number of nitrogens with two attached hydrogens (primary N) is 1. The van der Waals surface area contributed by atoms with Crippen LogP contribution in [0.3, 0.4) is 0 Å². The zero-order chi connectivity index (χ0) is 11.3. The van der Waals surface area contributed by atoms with E-state index >= 15 is 0 Å². The van der Waals surface area contributed by atoms with E-state index in [9.17, 15) is 4.39 Å². The summed E-state index contributed by atoms with van der Waals surface area (Å²) in [5.41, 5.74) is 7.22. The van der Waals surface area contributed by atoms with Gasteiger partial charge in [0.1, 0.15) is 5.82 Å². The smallest absolute Gasteiger partial charge is 0.144 e. The van der Waals surface area contributed by atoms with Crippen LogP contribution in [0.15, 0.2) is 12.1 Å². The Kier molecular flexibility index (Phi) is 5.06. The molecule has 1 nitrogen and oxygen atoms in total. The molecule has 0 aromatic heterocycles. The zero-order valence-corrected chi connectivity index (χ0v) is 9.78. The first-order chi connectivity index (χ1) is 7.19. The Labute approximate surface area is 95.4 Å². The molecule has 3 heteroatoms. The van der Waals surface area contributed by atoms with Crippen LogP contribution in [0.4, 0.5) is 4.39 Å². The van der Waals surface area contributed by atoms with Crippen LogP contribution in [0.25, 0.3) is 0 Å². The number of unbranched alkanes of at least 4 members (excludes halogenated alkanes) is 1. The molecular formula is C12H17ClFN. The average molecular weight is 230 g/mol. The summed E-state index contributed by atoms with van der Waals surface area (Å²) < 4.78 is 13.4. The van der Waals surface area contributed by atoms with Crippen molar-refractivity contribution in [3.8, 4) is 0 Å². The Balaban J connectivity index is 2.77. The highest BCUT2D eigenvalue weighted by Crippen LogP contribution is 2.22. The average Bonchev–Trinajstić information content (AvgIpc) is 2.23. The minimum absolute atomic E-state index is 0.233. The molecule has 1 rings (SSSR count). The van der Waals surface area contributed by atoms with Crippen LogP contribution in [0.1, 0.15) is 30.9 Å². The monoisotopic (exact) mass is 229 g/mol. The summed E-state index contributed by atoms with van der Waals surface area (Å²) in [4.78, 5) is 0. The number of hydrogen-bond donors (Lipinski definition) is 1. The lowest BCUT2D eigenvalue weighted by Crippen LogP contribution is -2.00. The first kappa shape index (κ1) is 12.5. The minimum Gasteiger partial charge on any atom is -0.330 e. The van der Waals surface area contributed by atoms with E-state index in [-0.39, 0.29) is 10.8 Å². The van der Waals surface area contributed by atoms with Gasteiger partial charge in [0, 0.05) is 0 Å². The van der Waals surface area contributed by atoms with Crippen molar-refractivity contribution in [2.45, 2.75) is 32.6 Å². The molecule has 1 aromatic carbocycles. The molecule has 0 aliphatic heterocycles. The molecule has 0 unspecified atom stereocenters. The molecule has 1 aromatic rings. The van der Waals surface area contributed by atoms with Crippen LogP contribution in [-0.4, -0.2) is 6.54 Å². The van der Waals surface area contributed by atoms with Gasteiger partial charge in [-0.1, -0.05) is 24.6 Å². The van der Waals surface area contributed by atoms with Gasteiger partial charge in [-0.05, 0) is 49.4 Å². The summed E-state index contributed by atoms with van der Waals surface area (Å²) in [5, 5.41) is 0.233. The topological polar surface area (TPSA) is 26.0 Å². The maximum Gasteiger partial charge on any atom is 0.144 e. The van der Waals surface area contributed by atoms with Crippen molar-refractivity contribution in [2.75, 3.05) is 6.54 Å². The van der Waals surface area contributed by atoms with Gasteiger partial charge in [-0.3, -0.25) is 0 Å². The van der Waals surface area contributed by atoms with Gasteiger partial charge < -0.3 is 5.73 Å². The van der Waals surface area contributed by atoms with Gasteiger partial charge in [-0.2, -0.15) is 0 Å². The molecule has 0 atom stereocenters. The number of rotatable bonds is 5. The summed E-state index contributed by atoms with van der Waals surface area (Å²) in [6, 6.07) is 3.62. The largest absolute Gasteiger partial charge is 0.330 e. The van der Waals surface area contributed by atoms with Crippen molar-refractivity contribution in [1.29, 1.82) is 0 Å². The third-order valence-electron chi connectivity index (χ3n) is 2.46. The van der Waals surface area contributed by atoms with Crippen LogP contribution in [-0.2, 0) is 12.8 Å². The first-order valence-corrected chi connectivity index (χ1v) is 5.73. The predicted octanol–water partition coefficient (Wildman–Crippen LogP) is 3.32. The highest BCUT2D eigenvalue weighted by Gasteiger charge is 2.07. The second-order valence-corrected chi connectivity index (χ2v) is 4.06. The molecule has 0 saturated carbocycles. The minimum atomic E-state index is -0.276. The second-order valence-electron chi connectivity index (χ2n) is 3.65. The highest BCUT2D eigenvalue weighted by molar-refractivity contribution is 6.30. The summed E-state index contributed by atoms with van der Waals surface area (Å²) in [7, 11) is 0. The molecule has 84 valence electrons. The normalized spacial score (nSPS) is 10.7. The Bertz CT molecular complexity index is 326. The van der Waals surface area contributed by atoms with Crippen LogP contribution in [0.2, 0.25) is 5.02 Å². The molecule has 0 spiro atoms.